The number of halogens is 1. The molecule has 0 saturated heterocycles. The fourth-order valence-electron chi connectivity index (χ4n) is 0.871. The van der Waals surface area contributed by atoms with Crippen LogP contribution in [0.4, 0.5) is 4.79 Å². The van der Waals surface area contributed by atoms with E-state index in [1.807, 2.05) is 0 Å². The molecule has 1 aromatic heterocycles. The molecule has 0 saturated carbocycles. The van der Waals surface area contributed by atoms with Crippen molar-refractivity contribution in [2.24, 2.45) is 0 Å². The average Bonchev–Trinajstić information content (AvgIpc) is 2.46. The van der Waals surface area contributed by atoms with E-state index >= 15 is 0 Å². The van der Waals surface area contributed by atoms with Gasteiger partial charge in [0.05, 0.1) is 0 Å². The van der Waals surface area contributed by atoms with E-state index in [0.717, 1.165) is 10.8 Å². The predicted molar refractivity (Wildman–Crippen MR) is 46.3 cm³/mol. The average molecular weight is 203 g/mol. The van der Waals surface area contributed by atoms with Gasteiger partial charge in [-0.1, -0.05) is 6.92 Å². The van der Waals surface area contributed by atoms with Gasteiger partial charge in [0.2, 0.25) is 5.91 Å². The molecule has 0 fully saturated rings. The number of nitrogens with zero attached hydrogens (tertiary/aromatic N) is 2. The summed E-state index contributed by atoms with van der Waals surface area (Å²) in [6.07, 6.45) is 2.57. The van der Waals surface area contributed by atoms with E-state index in [4.69, 9.17) is 11.6 Å². The predicted octanol–water partition coefficient (Wildman–Crippen LogP) is 0.907. The lowest BCUT2D eigenvalue weighted by atomic mass is 10.4. The van der Waals surface area contributed by atoms with E-state index in [1.165, 1.54) is 6.20 Å². The Labute approximate surface area is 78.5 Å². The molecule has 0 radical (unpaired) electrons. The first-order valence-corrected chi connectivity index (χ1v) is 3.98. The Balaban J connectivity index is 3.22. The highest BCUT2D eigenvalue weighted by Crippen LogP contribution is 1.91. The van der Waals surface area contributed by atoms with Gasteiger partial charge >= 0.3 is 11.1 Å². The van der Waals surface area contributed by atoms with Crippen molar-refractivity contribution in [2.45, 2.75) is 13.3 Å². The van der Waals surface area contributed by atoms with Gasteiger partial charge in [-0.25, -0.2) is 13.9 Å². The summed E-state index contributed by atoms with van der Waals surface area (Å²) in [6.45, 7) is 1.62. The van der Waals surface area contributed by atoms with Crippen LogP contribution in [-0.4, -0.2) is 20.4 Å². The SMILES string of the molecule is CCC(=O)n1ccn(C(=O)Cl)c1=O. The molecule has 70 valence electrons. The number of carbonyl (C=O) groups is 2. The van der Waals surface area contributed by atoms with Crippen molar-refractivity contribution in [2.75, 3.05) is 0 Å². The number of imidazole rings is 1. The molecule has 0 unspecified atom stereocenters. The minimum absolute atomic E-state index is 0.195. The molecule has 0 atom stereocenters. The third kappa shape index (κ3) is 1.70. The van der Waals surface area contributed by atoms with E-state index in [9.17, 15) is 14.4 Å². The first kappa shape index (κ1) is 9.73. The Morgan fingerprint density at radius 1 is 1.38 bits per heavy atom. The first-order chi connectivity index (χ1) is 6.07. The van der Waals surface area contributed by atoms with Crippen molar-refractivity contribution in [3.8, 4) is 0 Å². The van der Waals surface area contributed by atoms with Gasteiger partial charge in [0.1, 0.15) is 0 Å². The van der Waals surface area contributed by atoms with E-state index in [2.05, 4.69) is 0 Å². The zero-order valence-electron chi connectivity index (χ0n) is 6.86. The largest absolute Gasteiger partial charge is 0.342 e. The van der Waals surface area contributed by atoms with Crippen molar-refractivity contribution >= 4 is 22.9 Å². The molecular weight excluding hydrogens is 196 g/mol. The fourth-order valence-corrected chi connectivity index (χ4v) is 1.000. The van der Waals surface area contributed by atoms with Crippen LogP contribution < -0.4 is 5.69 Å². The highest BCUT2D eigenvalue weighted by atomic mass is 35.5. The third-order valence-corrected chi connectivity index (χ3v) is 1.72. The molecule has 0 aliphatic heterocycles. The van der Waals surface area contributed by atoms with Gasteiger partial charge in [0, 0.05) is 18.8 Å². The van der Waals surface area contributed by atoms with Crippen molar-refractivity contribution in [1.82, 2.24) is 9.13 Å². The molecule has 0 spiro atoms. The Hall–Kier alpha value is -1.36. The molecule has 1 heterocycles. The van der Waals surface area contributed by atoms with Crippen LogP contribution in [0, 0.1) is 0 Å². The van der Waals surface area contributed by atoms with Gasteiger partial charge < -0.3 is 0 Å². The highest BCUT2D eigenvalue weighted by Gasteiger charge is 2.11. The third-order valence-electron chi connectivity index (χ3n) is 1.54. The standard InChI is InChI=1S/C7H7ClN2O3/c1-2-5(11)9-3-4-10(6(8)12)7(9)13/h3-4H,2H2,1H3. The maximum Gasteiger partial charge on any atom is 0.342 e. The zero-order chi connectivity index (χ0) is 10.0. The highest BCUT2D eigenvalue weighted by molar-refractivity contribution is 6.63. The maximum absolute atomic E-state index is 11.2. The minimum Gasteiger partial charge on any atom is -0.274 e. The van der Waals surface area contributed by atoms with Crippen LogP contribution in [-0.2, 0) is 0 Å². The van der Waals surface area contributed by atoms with Gasteiger partial charge in [-0.3, -0.25) is 9.59 Å². The quantitative estimate of drug-likeness (QED) is 0.636. The second kappa shape index (κ2) is 3.57. The summed E-state index contributed by atoms with van der Waals surface area (Å²) < 4.78 is 1.51. The number of aromatic nitrogens is 2. The molecule has 0 N–H and O–H groups in total. The van der Waals surface area contributed by atoms with Crippen molar-refractivity contribution in [3.63, 3.8) is 0 Å². The molecule has 0 aromatic carbocycles. The first-order valence-electron chi connectivity index (χ1n) is 3.61. The van der Waals surface area contributed by atoms with Crippen LogP contribution in [0.2, 0.25) is 0 Å². The zero-order valence-corrected chi connectivity index (χ0v) is 7.61. The van der Waals surface area contributed by atoms with Crippen molar-refractivity contribution in [3.05, 3.63) is 22.9 Å². The van der Waals surface area contributed by atoms with Crippen LogP contribution in [0.5, 0.6) is 0 Å². The monoisotopic (exact) mass is 202 g/mol. The molecule has 0 aliphatic carbocycles. The second-order valence-corrected chi connectivity index (χ2v) is 2.64. The normalized spacial score (nSPS) is 10.0. The maximum atomic E-state index is 11.2. The Bertz CT molecular complexity index is 404. The molecule has 13 heavy (non-hydrogen) atoms. The van der Waals surface area contributed by atoms with E-state index in [1.54, 1.807) is 6.92 Å². The molecule has 1 aromatic rings. The number of rotatable bonds is 1. The van der Waals surface area contributed by atoms with Crippen LogP contribution in [0.1, 0.15) is 18.1 Å². The summed E-state index contributed by atoms with van der Waals surface area (Å²) in [5.41, 5.74) is -0.730. The molecule has 1 rings (SSSR count). The van der Waals surface area contributed by atoms with Gasteiger partial charge in [-0.2, -0.15) is 0 Å². The number of hydrogen-bond acceptors (Lipinski definition) is 3. The number of hydrogen-bond donors (Lipinski definition) is 0. The van der Waals surface area contributed by atoms with Gasteiger partial charge in [0.25, 0.3) is 0 Å². The van der Waals surface area contributed by atoms with Gasteiger partial charge in [-0.15, -0.1) is 0 Å². The van der Waals surface area contributed by atoms with Gasteiger partial charge in [-0.05, 0) is 11.6 Å². The summed E-state index contributed by atoms with van der Waals surface area (Å²) in [7, 11) is 0. The van der Waals surface area contributed by atoms with Crippen LogP contribution >= 0.6 is 11.6 Å². The van der Waals surface area contributed by atoms with E-state index in [0.29, 0.717) is 4.57 Å². The van der Waals surface area contributed by atoms with Crippen molar-refractivity contribution < 1.29 is 9.59 Å². The molecular formula is C7H7ClN2O3. The summed E-state index contributed by atoms with van der Waals surface area (Å²) in [6, 6.07) is 0. The van der Waals surface area contributed by atoms with Crippen LogP contribution in [0.3, 0.4) is 0 Å². The second-order valence-electron chi connectivity index (χ2n) is 2.32. The van der Waals surface area contributed by atoms with E-state index < -0.39 is 11.1 Å². The van der Waals surface area contributed by atoms with Crippen LogP contribution in [0.25, 0.3) is 0 Å². The fraction of sp³-hybridized carbons (Fsp3) is 0.286. The molecule has 6 heteroatoms. The van der Waals surface area contributed by atoms with Gasteiger partial charge in [0.15, 0.2) is 0 Å². The summed E-state index contributed by atoms with van der Waals surface area (Å²) in [5, 5.41) is -0.923. The summed E-state index contributed by atoms with van der Waals surface area (Å²) in [4.78, 5) is 32.9. The smallest absolute Gasteiger partial charge is 0.274 e. The molecule has 0 bridgehead atoms. The lowest BCUT2D eigenvalue weighted by molar-refractivity contribution is 0.0904. The summed E-state index contributed by atoms with van der Waals surface area (Å²) in [5.74, 6) is -0.373. The number of carbonyl (C=O) groups excluding carboxylic acids is 2. The summed E-state index contributed by atoms with van der Waals surface area (Å²) >= 11 is 5.07. The Morgan fingerprint density at radius 2 is 1.92 bits per heavy atom. The Kier molecular flexibility index (Phi) is 2.67. The Morgan fingerprint density at radius 3 is 2.31 bits per heavy atom. The topological polar surface area (TPSA) is 61.1 Å². The van der Waals surface area contributed by atoms with Crippen molar-refractivity contribution in [1.29, 1.82) is 0 Å². The molecule has 0 aliphatic rings. The lowest BCUT2D eigenvalue weighted by Crippen LogP contribution is -2.29. The lowest BCUT2D eigenvalue weighted by Gasteiger charge is -1.94. The molecule has 0 amide bonds. The van der Waals surface area contributed by atoms with Crippen LogP contribution in [0.15, 0.2) is 17.2 Å². The van der Waals surface area contributed by atoms with E-state index in [-0.39, 0.29) is 12.3 Å². The minimum atomic E-state index is -0.923. The molecule has 5 nitrogen and oxygen atoms in total.